The SMILES string of the molecule is COC(=O)[C@@]12COC[C@@H]1CN(C(=O)CCn1c(=O)[nH]c3ccccc31)C2. The molecule has 1 aromatic carbocycles. The van der Waals surface area contributed by atoms with E-state index in [-0.39, 0.29) is 36.5 Å². The minimum absolute atomic E-state index is 0.0327. The number of para-hydroxylation sites is 2. The van der Waals surface area contributed by atoms with Gasteiger partial charge in [-0.1, -0.05) is 12.1 Å². The molecule has 2 atom stereocenters. The van der Waals surface area contributed by atoms with Crippen LogP contribution in [-0.4, -0.2) is 59.7 Å². The first-order valence-corrected chi connectivity index (χ1v) is 8.66. The summed E-state index contributed by atoms with van der Waals surface area (Å²) in [6.45, 7) is 1.84. The van der Waals surface area contributed by atoms with E-state index >= 15 is 0 Å². The van der Waals surface area contributed by atoms with E-state index in [9.17, 15) is 14.4 Å². The summed E-state index contributed by atoms with van der Waals surface area (Å²) >= 11 is 0. The maximum Gasteiger partial charge on any atom is 0.326 e. The zero-order valence-electron chi connectivity index (χ0n) is 14.6. The van der Waals surface area contributed by atoms with Gasteiger partial charge in [-0.15, -0.1) is 0 Å². The first-order chi connectivity index (χ1) is 12.5. The molecule has 2 fully saturated rings. The van der Waals surface area contributed by atoms with Crippen molar-refractivity contribution in [3.8, 4) is 0 Å². The van der Waals surface area contributed by atoms with Crippen LogP contribution in [0.4, 0.5) is 0 Å². The van der Waals surface area contributed by atoms with Crippen LogP contribution in [0.3, 0.4) is 0 Å². The number of benzene rings is 1. The Labute approximate surface area is 149 Å². The van der Waals surface area contributed by atoms with Crippen molar-refractivity contribution < 1.29 is 19.1 Å². The monoisotopic (exact) mass is 359 g/mol. The summed E-state index contributed by atoms with van der Waals surface area (Å²) in [5.41, 5.74) is 0.560. The van der Waals surface area contributed by atoms with Gasteiger partial charge in [0.15, 0.2) is 0 Å². The molecule has 0 unspecified atom stereocenters. The second-order valence-corrected chi connectivity index (χ2v) is 6.98. The fourth-order valence-electron chi connectivity index (χ4n) is 4.11. The summed E-state index contributed by atoms with van der Waals surface area (Å²) in [5.74, 6) is -0.419. The number of aromatic amines is 1. The lowest BCUT2D eigenvalue weighted by Crippen LogP contribution is -2.41. The van der Waals surface area contributed by atoms with Gasteiger partial charge in [-0.25, -0.2) is 4.79 Å². The maximum atomic E-state index is 12.7. The van der Waals surface area contributed by atoms with E-state index in [1.807, 2.05) is 24.3 Å². The lowest BCUT2D eigenvalue weighted by Gasteiger charge is -2.23. The molecular formula is C18H21N3O5. The van der Waals surface area contributed by atoms with Crippen LogP contribution < -0.4 is 5.69 Å². The van der Waals surface area contributed by atoms with Crippen molar-refractivity contribution in [2.75, 3.05) is 33.4 Å². The predicted molar refractivity (Wildman–Crippen MR) is 92.5 cm³/mol. The number of esters is 1. The quantitative estimate of drug-likeness (QED) is 0.796. The molecular weight excluding hydrogens is 338 g/mol. The zero-order valence-corrected chi connectivity index (χ0v) is 14.6. The molecule has 1 amide bonds. The van der Waals surface area contributed by atoms with Gasteiger partial charge >= 0.3 is 11.7 Å². The van der Waals surface area contributed by atoms with E-state index in [2.05, 4.69) is 4.98 Å². The lowest BCUT2D eigenvalue weighted by molar-refractivity contribution is -0.153. The number of methoxy groups -OCH3 is 1. The molecule has 0 spiro atoms. The molecule has 2 saturated heterocycles. The number of likely N-dealkylation sites (tertiary alicyclic amines) is 1. The van der Waals surface area contributed by atoms with Crippen molar-refractivity contribution >= 4 is 22.9 Å². The fraction of sp³-hybridized carbons (Fsp3) is 0.500. The van der Waals surface area contributed by atoms with Crippen LogP contribution in [0.15, 0.2) is 29.1 Å². The topological polar surface area (TPSA) is 93.6 Å². The Bertz CT molecular complexity index is 917. The van der Waals surface area contributed by atoms with Crippen molar-refractivity contribution in [2.24, 2.45) is 11.3 Å². The minimum atomic E-state index is -0.748. The van der Waals surface area contributed by atoms with Crippen LogP contribution in [0.5, 0.6) is 0 Å². The van der Waals surface area contributed by atoms with E-state index in [4.69, 9.17) is 9.47 Å². The average Bonchev–Trinajstić information content (AvgIpc) is 3.29. The third-order valence-corrected chi connectivity index (χ3v) is 5.55. The van der Waals surface area contributed by atoms with E-state index in [1.54, 1.807) is 9.47 Å². The molecule has 26 heavy (non-hydrogen) atoms. The van der Waals surface area contributed by atoms with Crippen LogP contribution in [0.25, 0.3) is 11.0 Å². The molecule has 8 nitrogen and oxygen atoms in total. The van der Waals surface area contributed by atoms with Gasteiger partial charge in [0.05, 0.1) is 31.4 Å². The summed E-state index contributed by atoms with van der Waals surface area (Å²) < 4.78 is 12.0. The number of imidazole rings is 1. The van der Waals surface area contributed by atoms with E-state index < -0.39 is 5.41 Å². The summed E-state index contributed by atoms with van der Waals surface area (Å²) in [6.07, 6.45) is 0.201. The number of hydrogen-bond acceptors (Lipinski definition) is 5. The molecule has 8 heteroatoms. The molecule has 2 aliphatic rings. The lowest BCUT2D eigenvalue weighted by atomic mass is 9.81. The molecule has 3 heterocycles. The fourth-order valence-corrected chi connectivity index (χ4v) is 4.11. The molecule has 138 valence electrons. The summed E-state index contributed by atoms with van der Waals surface area (Å²) in [5, 5.41) is 0. The molecule has 1 N–H and O–H groups in total. The smallest absolute Gasteiger partial charge is 0.326 e. The van der Waals surface area contributed by atoms with E-state index in [0.717, 1.165) is 11.0 Å². The molecule has 0 radical (unpaired) electrons. The molecule has 2 aliphatic heterocycles. The number of aromatic nitrogens is 2. The van der Waals surface area contributed by atoms with Crippen molar-refractivity contribution in [1.29, 1.82) is 0 Å². The van der Waals surface area contributed by atoms with E-state index in [1.165, 1.54) is 7.11 Å². The molecule has 0 bridgehead atoms. The van der Waals surface area contributed by atoms with Crippen LogP contribution in [0.1, 0.15) is 6.42 Å². The Morgan fingerprint density at radius 2 is 2.19 bits per heavy atom. The molecule has 2 aromatic rings. The number of hydrogen-bond donors (Lipinski definition) is 1. The van der Waals surface area contributed by atoms with Crippen molar-refractivity contribution in [2.45, 2.75) is 13.0 Å². The maximum absolute atomic E-state index is 12.7. The Balaban J connectivity index is 1.47. The summed E-state index contributed by atoms with van der Waals surface area (Å²) in [7, 11) is 1.36. The Morgan fingerprint density at radius 3 is 3.00 bits per heavy atom. The molecule has 0 aliphatic carbocycles. The zero-order chi connectivity index (χ0) is 18.3. The average molecular weight is 359 g/mol. The van der Waals surface area contributed by atoms with Crippen LogP contribution in [0.2, 0.25) is 0 Å². The standard InChI is InChI=1S/C18H21N3O5/c1-25-16(23)18-10-20(8-12(18)9-26-11-18)15(22)6-7-21-14-5-3-2-4-13(14)19-17(21)24/h2-5,12H,6-11H2,1H3,(H,19,24)/t12-,18-/m0/s1. The summed E-state index contributed by atoms with van der Waals surface area (Å²) in [4.78, 5) is 41.5. The van der Waals surface area contributed by atoms with Gasteiger partial charge in [-0.2, -0.15) is 0 Å². The minimum Gasteiger partial charge on any atom is -0.468 e. The van der Waals surface area contributed by atoms with Gasteiger partial charge < -0.3 is 19.4 Å². The van der Waals surface area contributed by atoms with Crippen molar-refractivity contribution in [3.63, 3.8) is 0 Å². The Kier molecular flexibility index (Phi) is 4.07. The third kappa shape index (κ3) is 2.52. The number of nitrogens with zero attached hydrogens (tertiary/aromatic N) is 2. The highest BCUT2D eigenvalue weighted by Crippen LogP contribution is 2.42. The highest BCUT2D eigenvalue weighted by Gasteiger charge is 2.57. The van der Waals surface area contributed by atoms with Crippen LogP contribution in [0, 0.1) is 11.3 Å². The number of carbonyl (C=O) groups excluding carboxylic acids is 2. The van der Waals surface area contributed by atoms with Gasteiger partial charge in [0.1, 0.15) is 5.41 Å². The highest BCUT2D eigenvalue weighted by molar-refractivity contribution is 5.82. The van der Waals surface area contributed by atoms with Crippen molar-refractivity contribution in [1.82, 2.24) is 14.5 Å². The number of nitrogens with one attached hydrogen (secondary N) is 1. The second-order valence-electron chi connectivity index (χ2n) is 6.98. The molecule has 0 saturated carbocycles. The second kappa shape index (κ2) is 6.28. The number of ether oxygens (including phenoxy) is 2. The first kappa shape index (κ1) is 16.8. The van der Waals surface area contributed by atoms with Gasteiger partial charge in [0.25, 0.3) is 0 Å². The molecule has 4 rings (SSSR count). The Hall–Kier alpha value is -2.61. The summed E-state index contributed by atoms with van der Waals surface area (Å²) in [6, 6.07) is 7.39. The number of H-pyrrole nitrogens is 1. The number of fused-ring (bicyclic) bond motifs is 2. The van der Waals surface area contributed by atoms with Crippen molar-refractivity contribution in [3.05, 3.63) is 34.7 Å². The number of aryl methyl sites for hydroxylation is 1. The van der Waals surface area contributed by atoms with Crippen LogP contribution in [-0.2, 0) is 25.6 Å². The number of amides is 1. The highest BCUT2D eigenvalue weighted by atomic mass is 16.5. The van der Waals surface area contributed by atoms with Crippen LogP contribution >= 0.6 is 0 Å². The number of carbonyl (C=O) groups is 2. The van der Waals surface area contributed by atoms with Gasteiger partial charge in [0.2, 0.25) is 5.91 Å². The number of rotatable bonds is 4. The third-order valence-electron chi connectivity index (χ3n) is 5.55. The van der Waals surface area contributed by atoms with Gasteiger partial charge in [0, 0.05) is 32.0 Å². The molecule has 1 aromatic heterocycles. The normalized spacial score (nSPS) is 24.8. The largest absolute Gasteiger partial charge is 0.468 e. The van der Waals surface area contributed by atoms with E-state index in [0.29, 0.717) is 26.2 Å². The van der Waals surface area contributed by atoms with Gasteiger partial charge in [-0.05, 0) is 12.1 Å². The predicted octanol–water partition coefficient (Wildman–Crippen LogP) is 0.368. The van der Waals surface area contributed by atoms with Gasteiger partial charge in [-0.3, -0.25) is 14.2 Å². The first-order valence-electron chi connectivity index (χ1n) is 8.66. The Morgan fingerprint density at radius 1 is 1.38 bits per heavy atom.